The first-order valence-electron chi connectivity index (χ1n) is 18.4. The van der Waals surface area contributed by atoms with E-state index in [2.05, 4.69) is 205 Å². The van der Waals surface area contributed by atoms with Crippen molar-refractivity contribution in [1.82, 2.24) is 4.57 Å². The van der Waals surface area contributed by atoms with Gasteiger partial charge in [-0.1, -0.05) is 164 Å². The van der Waals surface area contributed by atoms with E-state index in [4.69, 9.17) is 0 Å². The van der Waals surface area contributed by atoms with Crippen LogP contribution in [0.1, 0.15) is 0 Å². The predicted octanol–water partition coefficient (Wildman–Crippen LogP) is 14.4. The summed E-state index contributed by atoms with van der Waals surface area (Å²) in [6.07, 6.45) is 0. The molecule has 1 heteroatoms. The molecule has 0 aliphatic rings. The van der Waals surface area contributed by atoms with Gasteiger partial charge < -0.3 is 4.57 Å². The number of aromatic nitrogens is 1. The van der Waals surface area contributed by atoms with Gasteiger partial charge in [-0.05, 0) is 113 Å². The fraction of sp³-hybridized carbons (Fsp3) is 0. The number of fused-ring (bicyclic) bond motifs is 8. The quantitative estimate of drug-likeness (QED) is 0.130. The maximum atomic E-state index is 2.43. The molecular formula is C52H33N. The van der Waals surface area contributed by atoms with E-state index in [1.165, 1.54) is 98.3 Å². The molecule has 0 atom stereocenters. The molecule has 53 heavy (non-hydrogen) atoms. The highest BCUT2D eigenvalue weighted by molar-refractivity contribution is 6.26. The Labute approximate surface area is 307 Å². The molecule has 10 aromatic carbocycles. The largest absolute Gasteiger partial charge is 0.309 e. The number of nitrogens with zero attached hydrogens (tertiary/aromatic N) is 1. The first-order valence-corrected chi connectivity index (χ1v) is 18.4. The van der Waals surface area contributed by atoms with Gasteiger partial charge in [0, 0.05) is 16.5 Å². The first kappa shape index (κ1) is 29.7. The second kappa shape index (κ2) is 11.8. The van der Waals surface area contributed by atoms with Crippen LogP contribution in [0.4, 0.5) is 0 Å². The smallest absolute Gasteiger partial charge is 0.0541 e. The summed E-state index contributed by atoms with van der Waals surface area (Å²) < 4.78 is 2.42. The van der Waals surface area contributed by atoms with Crippen molar-refractivity contribution in [3.05, 3.63) is 200 Å². The number of hydrogen-bond donors (Lipinski definition) is 0. The van der Waals surface area contributed by atoms with Crippen LogP contribution in [-0.4, -0.2) is 4.57 Å². The molecule has 0 amide bonds. The molecule has 0 unspecified atom stereocenters. The number of benzene rings is 10. The summed E-state index contributed by atoms with van der Waals surface area (Å²) in [5, 5.41) is 12.7. The Morgan fingerprint density at radius 1 is 0.264 bits per heavy atom. The third-order valence-electron chi connectivity index (χ3n) is 11.1. The van der Waals surface area contributed by atoms with Crippen molar-refractivity contribution >= 4 is 64.9 Å². The summed E-state index contributed by atoms with van der Waals surface area (Å²) in [6.45, 7) is 0. The standard InChI is InChI=1S/C52H33N/c1-2-15-34(16-3-1)35-18-14-19-38(31-35)53-49-28-13-12-23-42(49)47-33-37(29-30-50(47)53)51-43-24-8-10-26-45(43)52(46-27-11-9-25-44(46)51)48-32-36-17-4-5-20-39(36)40-21-6-7-22-41(40)48/h1-33H. The molecule has 1 aromatic heterocycles. The van der Waals surface area contributed by atoms with Crippen molar-refractivity contribution in [2.75, 3.05) is 0 Å². The van der Waals surface area contributed by atoms with Crippen LogP contribution in [0.3, 0.4) is 0 Å². The van der Waals surface area contributed by atoms with Gasteiger partial charge in [-0.2, -0.15) is 0 Å². The van der Waals surface area contributed by atoms with Crippen LogP contribution in [0.25, 0.3) is 104 Å². The van der Waals surface area contributed by atoms with E-state index < -0.39 is 0 Å². The van der Waals surface area contributed by atoms with Gasteiger partial charge in [0.25, 0.3) is 0 Å². The summed E-state index contributed by atoms with van der Waals surface area (Å²) in [5.74, 6) is 0. The molecule has 1 heterocycles. The SMILES string of the molecule is c1ccc(-c2cccc(-n3c4ccccc4c4cc(-c5c6ccccc6c(-c6cc7ccccc7c7ccccc67)c6ccccc56)ccc43)c2)cc1. The minimum atomic E-state index is 1.16. The van der Waals surface area contributed by atoms with Crippen molar-refractivity contribution in [3.8, 4) is 39.1 Å². The van der Waals surface area contributed by atoms with Gasteiger partial charge >= 0.3 is 0 Å². The van der Waals surface area contributed by atoms with Crippen molar-refractivity contribution in [1.29, 1.82) is 0 Å². The minimum absolute atomic E-state index is 1.16. The van der Waals surface area contributed by atoms with E-state index in [0.717, 1.165) is 5.69 Å². The van der Waals surface area contributed by atoms with Crippen LogP contribution in [0, 0.1) is 0 Å². The van der Waals surface area contributed by atoms with Gasteiger partial charge in [0.05, 0.1) is 11.0 Å². The Balaban J connectivity index is 1.18. The molecule has 0 bridgehead atoms. The zero-order valence-electron chi connectivity index (χ0n) is 29.0. The Morgan fingerprint density at radius 3 is 1.55 bits per heavy atom. The van der Waals surface area contributed by atoms with E-state index >= 15 is 0 Å². The van der Waals surface area contributed by atoms with E-state index in [1.54, 1.807) is 0 Å². The summed E-state index contributed by atoms with van der Waals surface area (Å²) in [5.41, 5.74) is 11.1. The highest BCUT2D eigenvalue weighted by Gasteiger charge is 2.20. The molecule has 0 aliphatic heterocycles. The van der Waals surface area contributed by atoms with E-state index in [9.17, 15) is 0 Å². The average Bonchev–Trinajstić information content (AvgIpc) is 3.56. The molecule has 0 radical (unpaired) electrons. The third-order valence-corrected chi connectivity index (χ3v) is 11.1. The highest BCUT2D eigenvalue weighted by Crippen LogP contribution is 2.47. The van der Waals surface area contributed by atoms with Gasteiger partial charge in [-0.25, -0.2) is 0 Å². The fourth-order valence-electron chi connectivity index (χ4n) is 8.85. The number of hydrogen-bond acceptors (Lipinski definition) is 0. The molecule has 0 fully saturated rings. The molecule has 246 valence electrons. The molecule has 1 nitrogen and oxygen atoms in total. The van der Waals surface area contributed by atoms with Gasteiger partial charge in [-0.15, -0.1) is 0 Å². The van der Waals surface area contributed by atoms with Crippen molar-refractivity contribution in [2.45, 2.75) is 0 Å². The Morgan fingerprint density at radius 2 is 0.811 bits per heavy atom. The third kappa shape index (κ3) is 4.58. The maximum absolute atomic E-state index is 2.43. The average molecular weight is 672 g/mol. The number of rotatable bonds is 4. The van der Waals surface area contributed by atoms with Gasteiger partial charge in [0.2, 0.25) is 0 Å². The molecule has 0 saturated carbocycles. The fourth-order valence-corrected chi connectivity index (χ4v) is 8.85. The summed E-state index contributed by atoms with van der Waals surface area (Å²) in [6, 6.07) is 73.5. The molecular weight excluding hydrogens is 639 g/mol. The van der Waals surface area contributed by atoms with Gasteiger partial charge in [0.15, 0.2) is 0 Å². The lowest BCUT2D eigenvalue weighted by Gasteiger charge is -2.19. The summed E-state index contributed by atoms with van der Waals surface area (Å²) in [7, 11) is 0. The minimum Gasteiger partial charge on any atom is -0.309 e. The Kier molecular flexibility index (Phi) is 6.62. The summed E-state index contributed by atoms with van der Waals surface area (Å²) >= 11 is 0. The highest BCUT2D eigenvalue weighted by atomic mass is 15.0. The second-order valence-electron chi connectivity index (χ2n) is 14.0. The van der Waals surface area contributed by atoms with Crippen molar-refractivity contribution in [3.63, 3.8) is 0 Å². The lowest BCUT2D eigenvalue weighted by molar-refractivity contribution is 1.18. The zero-order valence-corrected chi connectivity index (χ0v) is 29.0. The molecule has 0 spiro atoms. The molecule has 0 aliphatic carbocycles. The van der Waals surface area contributed by atoms with E-state index in [1.807, 2.05) is 0 Å². The van der Waals surface area contributed by atoms with E-state index in [-0.39, 0.29) is 0 Å². The molecule has 11 aromatic rings. The molecule has 11 rings (SSSR count). The lowest BCUT2D eigenvalue weighted by atomic mass is 9.83. The maximum Gasteiger partial charge on any atom is 0.0541 e. The number of para-hydroxylation sites is 1. The predicted molar refractivity (Wildman–Crippen MR) is 227 cm³/mol. The van der Waals surface area contributed by atoms with Crippen LogP contribution in [0.5, 0.6) is 0 Å². The van der Waals surface area contributed by atoms with Crippen LogP contribution in [0.2, 0.25) is 0 Å². The lowest BCUT2D eigenvalue weighted by Crippen LogP contribution is -1.94. The second-order valence-corrected chi connectivity index (χ2v) is 14.0. The normalized spacial score (nSPS) is 11.8. The van der Waals surface area contributed by atoms with Crippen molar-refractivity contribution in [2.24, 2.45) is 0 Å². The van der Waals surface area contributed by atoms with E-state index in [0.29, 0.717) is 0 Å². The Hall–Kier alpha value is -6.96. The summed E-state index contributed by atoms with van der Waals surface area (Å²) in [4.78, 5) is 0. The van der Waals surface area contributed by atoms with Crippen molar-refractivity contribution < 1.29 is 0 Å². The van der Waals surface area contributed by atoms with Gasteiger partial charge in [0.1, 0.15) is 0 Å². The van der Waals surface area contributed by atoms with Crippen LogP contribution in [-0.2, 0) is 0 Å². The topological polar surface area (TPSA) is 4.93 Å². The van der Waals surface area contributed by atoms with Crippen LogP contribution >= 0.6 is 0 Å². The molecule has 0 saturated heterocycles. The first-order chi connectivity index (χ1) is 26.3. The molecule has 0 N–H and O–H groups in total. The van der Waals surface area contributed by atoms with Crippen LogP contribution in [0.15, 0.2) is 200 Å². The monoisotopic (exact) mass is 671 g/mol. The zero-order chi connectivity index (χ0) is 34.9. The van der Waals surface area contributed by atoms with Crippen LogP contribution < -0.4 is 0 Å². The van der Waals surface area contributed by atoms with Gasteiger partial charge in [-0.3, -0.25) is 0 Å². The Bertz CT molecular complexity index is 3160.